The van der Waals surface area contributed by atoms with Crippen LogP contribution in [0.4, 0.5) is 0 Å². The summed E-state index contributed by atoms with van der Waals surface area (Å²) in [6.45, 7) is 6.90. The normalized spacial score (nSPS) is 11.5. The molecule has 0 saturated carbocycles. The Morgan fingerprint density at radius 1 is 1.27 bits per heavy atom. The quantitative estimate of drug-likeness (QED) is 0.636. The van der Waals surface area contributed by atoms with Crippen LogP contribution in [0.25, 0.3) is 0 Å². The molecule has 0 aliphatic rings. The van der Waals surface area contributed by atoms with Crippen molar-refractivity contribution in [3.05, 3.63) is 18.2 Å². The van der Waals surface area contributed by atoms with Gasteiger partial charge in [-0.2, -0.15) is 0 Å². The van der Waals surface area contributed by atoms with Crippen molar-refractivity contribution in [3.63, 3.8) is 0 Å². The Bertz CT molecular complexity index is 255. The summed E-state index contributed by atoms with van der Waals surface area (Å²) in [5.74, 6) is 0. The predicted molar refractivity (Wildman–Crippen MR) is 52.6 cm³/mol. The first-order valence-corrected chi connectivity index (χ1v) is 8.00. The van der Waals surface area contributed by atoms with Gasteiger partial charge in [-0.3, -0.25) is 0 Å². The van der Waals surface area contributed by atoms with E-state index in [0.717, 1.165) is 4.59 Å². The zero-order valence-corrected chi connectivity index (χ0v) is 9.80. The van der Waals surface area contributed by atoms with E-state index in [2.05, 4.69) is 52.8 Å². The molecule has 1 radical (unpaired) electrons. The van der Waals surface area contributed by atoms with Gasteiger partial charge >= 0.3 is 76.8 Å². The number of nitrogens with zero attached hydrogens (tertiary/aromatic N) is 1. The van der Waals surface area contributed by atoms with Crippen molar-refractivity contribution in [3.8, 4) is 0 Å². The van der Waals surface area contributed by atoms with Crippen LogP contribution < -0.4 is 9.91 Å². The van der Waals surface area contributed by atoms with Gasteiger partial charge in [0.2, 0.25) is 0 Å². The van der Waals surface area contributed by atoms with Gasteiger partial charge in [-0.25, -0.2) is 0 Å². The third-order valence-electron chi connectivity index (χ3n) is 1.49. The molecule has 0 fully saturated rings. The second-order valence-electron chi connectivity index (χ2n) is 3.61. The molecule has 59 valence electrons. The first-order chi connectivity index (χ1) is 5.00. The van der Waals surface area contributed by atoms with E-state index in [1.54, 1.807) is 0 Å². The standard InChI is InChI=1S/C8H12NSeSi/c1-11(2,3)8-6-4-5-7(10)9-8/h4-6H,1-3H3. The van der Waals surface area contributed by atoms with Crippen LogP contribution in [0.2, 0.25) is 19.6 Å². The van der Waals surface area contributed by atoms with Gasteiger partial charge in [-0.05, 0) is 0 Å². The fraction of sp³-hybridized carbons (Fsp3) is 0.375. The van der Waals surface area contributed by atoms with Gasteiger partial charge in [-0.1, -0.05) is 0 Å². The van der Waals surface area contributed by atoms with E-state index in [-0.39, 0.29) is 0 Å². The van der Waals surface area contributed by atoms with E-state index in [1.165, 1.54) is 5.32 Å². The fourth-order valence-electron chi connectivity index (χ4n) is 0.833. The van der Waals surface area contributed by atoms with Gasteiger partial charge in [-0.15, -0.1) is 0 Å². The average Bonchev–Trinajstić information content (AvgIpc) is 1.86. The van der Waals surface area contributed by atoms with Crippen molar-refractivity contribution in [2.24, 2.45) is 0 Å². The van der Waals surface area contributed by atoms with Gasteiger partial charge in [0.25, 0.3) is 0 Å². The van der Waals surface area contributed by atoms with E-state index in [0.29, 0.717) is 0 Å². The van der Waals surface area contributed by atoms with Crippen LogP contribution >= 0.6 is 0 Å². The molecule has 0 spiro atoms. The molecule has 1 aromatic heterocycles. The Labute approximate surface area is 77.1 Å². The number of pyridine rings is 1. The summed E-state index contributed by atoms with van der Waals surface area (Å²) >= 11 is 2.93. The minimum absolute atomic E-state index is 1.00. The van der Waals surface area contributed by atoms with Gasteiger partial charge in [0.05, 0.1) is 0 Å². The van der Waals surface area contributed by atoms with E-state index < -0.39 is 8.07 Å². The number of rotatable bonds is 1. The molecule has 0 aliphatic carbocycles. The molecule has 3 heteroatoms. The van der Waals surface area contributed by atoms with Crippen molar-refractivity contribution in [2.75, 3.05) is 0 Å². The van der Waals surface area contributed by atoms with Gasteiger partial charge in [0.1, 0.15) is 0 Å². The molecule has 0 bridgehead atoms. The van der Waals surface area contributed by atoms with Crippen LogP contribution in [-0.2, 0) is 0 Å². The monoisotopic (exact) mass is 230 g/mol. The van der Waals surface area contributed by atoms with Gasteiger partial charge in [0.15, 0.2) is 0 Å². The molecule has 0 aliphatic heterocycles. The Morgan fingerprint density at radius 3 is 2.27 bits per heavy atom. The van der Waals surface area contributed by atoms with E-state index >= 15 is 0 Å². The van der Waals surface area contributed by atoms with Crippen molar-refractivity contribution in [2.45, 2.75) is 19.6 Å². The Kier molecular flexibility index (Phi) is 2.52. The second kappa shape index (κ2) is 3.09. The first-order valence-electron chi connectivity index (χ1n) is 3.65. The van der Waals surface area contributed by atoms with Crippen molar-refractivity contribution in [1.29, 1.82) is 0 Å². The zero-order valence-electron chi connectivity index (χ0n) is 7.09. The Hall–Kier alpha value is -0.114. The van der Waals surface area contributed by atoms with Crippen molar-refractivity contribution >= 4 is 34.0 Å². The maximum atomic E-state index is 4.45. The number of hydrogen-bond donors (Lipinski definition) is 0. The van der Waals surface area contributed by atoms with E-state index in [9.17, 15) is 0 Å². The van der Waals surface area contributed by atoms with Crippen LogP contribution in [0.3, 0.4) is 0 Å². The van der Waals surface area contributed by atoms with Crippen LogP contribution in [0.1, 0.15) is 0 Å². The summed E-state index contributed by atoms with van der Waals surface area (Å²) in [5.41, 5.74) is 0. The summed E-state index contributed by atoms with van der Waals surface area (Å²) in [6, 6.07) is 6.17. The van der Waals surface area contributed by atoms with Crippen LogP contribution in [-0.4, -0.2) is 29.1 Å². The zero-order chi connectivity index (χ0) is 8.48. The molecule has 1 aromatic rings. The summed E-state index contributed by atoms with van der Waals surface area (Å²) < 4.78 is 1.00. The third kappa shape index (κ3) is 2.44. The summed E-state index contributed by atoms with van der Waals surface area (Å²) in [5, 5.41) is 1.27. The molecule has 0 atom stereocenters. The molecule has 1 rings (SSSR count). The number of aromatic nitrogens is 1. The van der Waals surface area contributed by atoms with Crippen LogP contribution in [0.15, 0.2) is 18.2 Å². The average molecular weight is 229 g/mol. The second-order valence-corrected chi connectivity index (χ2v) is 9.50. The molecule has 0 unspecified atom stereocenters. The molecule has 11 heavy (non-hydrogen) atoms. The molecular weight excluding hydrogens is 217 g/mol. The van der Waals surface area contributed by atoms with E-state index in [4.69, 9.17) is 0 Å². The Balaban J connectivity index is 3.06. The van der Waals surface area contributed by atoms with Crippen molar-refractivity contribution in [1.82, 2.24) is 4.98 Å². The molecule has 0 N–H and O–H groups in total. The molecule has 0 amide bonds. The summed E-state index contributed by atoms with van der Waals surface area (Å²) in [4.78, 5) is 4.45. The molecular formula is C8H12NSeSi. The van der Waals surface area contributed by atoms with Crippen LogP contribution in [0.5, 0.6) is 0 Å². The summed E-state index contributed by atoms with van der Waals surface area (Å²) in [6.07, 6.45) is 0. The van der Waals surface area contributed by atoms with Crippen molar-refractivity contribution < 1.29 is 0 Å². The fourth-order valence-corrected chi connectivity index (χ4v) is 2.44. The molecule has 0 saturated heterocycles. The Morgan fingerprint density at radius 2 is 1.91 bits per heavy atom. The molecule has 1 nitrogen and oxygen atoms in total. The first kappa shape index (κ1) is 8.98. The van der Waals surface area contributed by atoms with Gasteiger partial charge in [0, 0.05) is 0 Å². The topological polar surface area (TPSA) is 12.9 Å². The van der Waals surface area contributed by atoms with Gasteiger partial charge < -0.3 is 0 Å². The predicted octanol–water partition coefficient (Wildman–Crippen LogP) is 0.421. The minimum atomic E-state index is -1.20. The van der Waals surface area contributed by atoms with E-state index in [1.807, 2.05) is 6.07 Å². The van der Waals surface area contributed by atoms with Crippen LogP contribution in [0, 0.1) is 0 Å². The number of hydrogen-bond acceptors (Lipinski definition) is 1. The molecule has 0 aromatic carbocycles. The third-order valence-corrected chi connectivity index (χ3v) is 3.78. The molecule has 1 heterocycles. The maximum absolute atomic E-state index is 4.45. The summed E-state index contributed by atoms with van der Waals surface area (Å²) in [7, 11) is -1.20. The SMILES string of the molecule is C[Si](C)(C)c1cccc([Se])n1.